The van der Waals surface area contributed by atoms with Gasteiger partial charge in [-0.15, -0.1) is 0 Å². The number of benzene rings is 2. The van der Waals surface area contributed by atoms with Crippen molar-refractivity contribution < 1.29 is 9.53 Å². The summed E-state index contributed by atoms with van der Waals surface area (Å²) in [6.07, 6.45) is 3.47. The van der Waals surface area contributed by atoms with E-state index in [0.717, 1.165) is 41.0 Å². The average Bonchev–Trinajstić information content (AvgIpc) is 2.84. The van der Waals surface area contributed by atoms with E-state index in [1.165, 1.54) is 6.20 Å². The maximum atomic E-state index is 12.0. The first-order chi connectivity index (χ1) is 15.7. The molecule has 0 unspecified atom stereocenters. The molecular weight excluding hydrogens is 402 g/mol. The van der Waals surface area contributed by atoms with E-state index in [-0.39, 0.29) is 6.03 Å². The van der Waals surface area contributed by atoms with Gasteiger partial charge in [0.2, 0.25) is 0 Å². The van der Waals surface area contributed by atoms with E-state index in [2.05, 4.69) is 32.5 Å². The number of hydrogen-bond acceptors (Lipinski definition) is 5. The monoisotopic (exact) mass is 427 g/mol. The number of rotatable bonds is 7. The summed E-state index contributed by atoms with van der Waals surface area (Å²) in [6.45, 7) is 2.69. The molecule has 0 aliphatic rings. The van der Waals surface area contributed by atoms with Crippen LogP contribution >= 0.6 is 0 Å². The van der Waals surface area contributed by atoms with Crippen LogP contribution in [0.25, 0.3) is 33.5 Å². The van der Waals surface area contributed by atoms with E-state index in [1.54, 1.807) is 7.11 Å². The molecule has 0 fully saturated rings. The number of anilines is 1. The molecule has 0 atom stereocenters. The van der Waals surface area contributed by atoms with Gasteiger partial charge in [0.05, 0.1) is 19.0 Å². The Kier molecular flexibility index (Phi) is 6.55. The van der Waals surface area contributed by atoms with Gasteiger partial charge in [-0.3, -0.25) is 5.32 Å². The second kappa shape index (κ2) is 9.87. The third-order valence-corrected chi connectivity index (χ3v) is 5.05. The molecule has 2 aromatic carbocycles. The van der Waals surface area contributed by atoms with Crippen molar-refractivity contribution in [3.05, 3.63) is 66.9 Å². The van der Waals surface area contributed by atoms with Crippen LogP contribution in [0.2, 0.25) is 0 Å². The predicted molar refractivity (Wildman–Crippen MR) is 127 cm³/mol. The van der Waals surface area contributed by atoms with Crippen molar-refractivity contribution in [2.24, 2.45) is 0 Å². The Balaban J connectivity index is 1.61. The van der Waals surface area contributed by atoms with Gasteiger partial charge >= 0.3 is 6.03 Å². The van der Waals surface area contributed by atoms with Crippen LogP contribution in [0.5, 0.6) is 5.75 Å². The van der Waals surface area contributed by atoms with E-state index in [4.69, 9.17) is 4.74 Å². The Hall–Kier alpha value is -4.00. The van der Waals surface area contributed by atoms with Crippen molar-refractivity contribution in [3.8, 4) is 28.1 Å². The molecule has 2 N–H and O–H groups in total. The molecule has 2 aromatic heterocycles. The number of methoxy groups -OCH3 is 1. The third-order valence-electron chi connectivity index (χ3n) is 5.05. The third kappa shape index (κ3) is 4.83. The number of aromatic nitrogens is 3. The molecule has 0 spiro atoms. The molecule has 7 nitrogen and oxygen atoms in total. The zero-order valence-electron chi connectivity index (χ0n) is 18.1. The molecule has 2 amide bonds. The maximum Gasteiger partial charge on any atom is 0.320 e. The molecule has 4 rings (SSSR count). The summed E-state index contributed by atoms with van der Waals surface area (Å²) in [5, 5.41) is 5.51. The van der Waals surface area contributed by atoms with Crippen molar-refractivity contribution in [2.45, 2.75) is 19.8 Å². The molecule has 0 saturated heterocycles. The number of nitrogens with zero attached hydrogens (tertiary/aromatic N) is 3. The van der Waals surface area contributed by atoms with Crippen LogP contribution in [0, 0.1) is 0 Å². The van der Waals surface area contributed by atoms with Gasteiger partial charge in [-0.05, 0) is 36.2 Å². The molecule has 2 heterocycles. The number of hydrogen-bond donors (Lipinski definition) is 2. The molecular formula is C25H25N5O2. The normalized spacial score (nSPS) is 10.7. The van der Waals surface area contributed by atoms with Crippen molar-refractivity contribution in [2.75, 3.05) is 19.0 Å². The smallest absolute Gasteiger partial charge is 0.320 e. The number of unbranched alkanes of at least 4 members (excludes halogenated alkanes) is 1. The fourth-order valence-electron chi connectivity index (χ4n) is 3.36. The van der Waals surface area contributed by atoms with Crippen LogP contribution in [0.4, 0.5) is 10.6 Å². The first-order valence-corrected chi connectivity index (χ1v) is 10.6. The summed E-state index contributed by atoms with van der Waals surface area (Å²) in [5.41, 5.74) is 4.85. The Morgan fingerprint density at radius 3 is 2.62 bits per heavy atom. The van der Waals surface area contributed by atoms with Gasteiger partial charge < -0.3 is 10.1 Å². The zero-order chi connectivity index (χ0) is 22.3. The van der Waals surface area contributed by atoms with Gasteiger partial charge in [-0.2, -0.15) is 0 Å². The van der Waals surface area contributed by atoms with E-state index >= 15 is 0 Å². The number of urea groups is 1. The average molecular weight is 428 g/mol. The molecule has 0 aliphatic heterocycles. The molecule has 4 aromatic rings. The van der Waals surface area contributed by atoms with Crippen molar-refractivity contribution >= 4 is 23.0 Å². The van der Waals surface area contributed by atoms with Gasteiger partial charge in [0, 0.05) is 17.7 Å². The van der Waals surface area contributed by atoms with Crippen LogP contribution < -0.4 is 15.4 Å². The minimum Gasteiger partial charge on any atom is -0.496 e. The van der Waals surface area contributed by atoms with Gasteiger partial charge in [0.15, 0.2) is 11.5 Å². The number of pyridine rings is 1. The Labute approximate surface area is 186 Å². The predicted octanol–water partition coefficient (Wildman–Crippen LogP) is 5.29. The first-order valence-electron chi connectivity index (χ1n) is 10.6. The summed E-state index contributed by atoms with van der Waals surface area (Å²) in [5.74, 6) is 1.12. The highest BCUT2D eigenvalue weighted by atomic mass is 16.5. The quantitative estimate of drug-likeness (QED) is 0.391. The highest BCUT2D eigenvalue weighted by molar-refractivity contribution is 5.89. The minimum absolute atomic E-state index is 0.301. The van der Waals surface area contributed by atoms with Crippen molar-refractivity contribution in [1.29, 1.82) is 0 Å². The molecule has 7 heteroatoms. The van der Waals surface area contributed by atoms with Gasteiger partial charge in [0.25, 0.3) is 0 Å². The fraction of sp³-hybridized carbons (Fsp3) is 0.200. The summed E-state index contributed by atoms with van der Waals surface area (Å²) in [4.78, 5) is 25.5. The molecule has 162 valence electrons. The summed E-state index contributed by atoms with van der Waals surface area (Å²) in [7, 11) is 1.66. The maximum absolute atomic E-state index is 12.0. The van der Waals surface area contributed by atoms with Gasteiger partial charge in [0.1, 0.15) is 11.3 Å². The lowest BCUT2D eigenvalue weighted by Gasteiger charge is -2.11. The second-order valence-corrected chi connectivity index (χ2v) is 7.31. The fourth-order valence-corrected chi connectivity index (χ4v) is 3.36. The largest absolute Gasteiger partial charge is 0.496 e. The van der Waals surface area contributed by atoms with Crippen LogP contribution in [-0.2, 0) is 0 Å². The summed E-state index contributed by atoms with van der Waals surface area (Å²) in [6, 6.07) is 19.6. The highest BCUT2D eigenvalue weighted by Crippen LogP contribution is 2.33. The van der Waals surface area contributed by atoms with Crippen LogP contribution in [0.15, 0.2) is 66.9 Å². The van der Waals surface area contributed by atoms with Gasteiger partial charge in [-0.1, -0.05) is 49.7 Å². The van der Waals surface area contributed by atoms with E-state index < -0.39 is 0 Å². The first kappa shape index (κ1) is 21.2. The summed E-state index contributed by atoms with van der Waals surface area (Å²) < 4.78 is 5.64. The molecule has 0 radical (unpaired) electrons. The number of amides is 2. The number of fused-ring (bicyclic) bond motifs is 1. The molecule has 0 saturated carbocycles. The topological polar surface area (TPSA) is 89.0 Å². The van der Waals surface area contributed by atoms with Crippen molar-refractivity contribution in [1.82, 2.24) is 20.3 Å². The second-order valence-electron chi connectivity index (χ2n) is 7.31. The minimum atomic E-state index is -0.301. The lowest BCUT2D eigenvalue weighted by Crippen LogP contribution is -2.29. The number of carbonyl (C=O) groups is 1. The number of nitrogens with one attached hydrogen (secondary N) is 2. The van der Waals surface area contributed by atoms with E-state index in [1.807, 2.05) is 60.7 Å². The lowest BCUT2D eigenvalue weighted by atomic mass is 10.0. The lowest BCUT2D eigenvalue weighted by molar-refractivity contribution is 0.252. The molecule has 32 heavy (non-hydrogen) atoms. The number of carbonyl (C=O) groups excluding carboxylic acids is 1. The Morgan fingerprint density at radius 1 is 1.00 bits per heavy atom. The van der Waals surface area contributed by atoms with E-state index in [9.17, 15) is 4.79 Å². The number of ether oxygens (including phenoxy) is 1. The van der Waals surface area contributed by atoms with Crippen molar-refractivity contribution in [3.63, 3.8) is 0 Å². The summed E-state index contributed by atoms with van der Waals surface area (Å²) >= 11 is 0. The zero-order valence-corrected chi connectivity index (χ0v) is 18.1. The standard InChI is InChI=1S/C25H25N5O2/c1-3-4-14-26-25(31)30-23-16-27-21-13-12-20(28-24(21)29-23)18-10-11-19(22(15-18)32-2)17-8-6-5-7-9-17/h5-13,15-16H,3-4,14H2,1-2H3,(H2,26,28,29,30,31). The molecule has 0 aliphatic carbocycles. The molecule has 0 bridgehead atoms. The van der Waals surface area contributed by atoms with Crippen LogP contribution in [0.1, 0.15) is 19.8 Å². The Bertz CT molecular complexity index is 1230. The van der Waals surface area contributed by atoms with Crippen LogP contribution in [0.3, 0.4) is 0 Å². The van der Waals surface area contributed by atoms with E-state index in [0.29, 0.717) is 23.5 Å². The SMILES string of the molecule is CCCCNC(=O)Nc1cnc2ccc(-c3ccc(-c4ccccc4)c(OC)c3)nc2n1. The van der Waals surface area contributed by atoms with Crippen LogP contribution in [-0.4, -0.2) is 34.6 Å². The highest BCUT2D eigenvalue weighted by Gasteiger charge is 2.11. The van der Waals surface area contributed by atoms with Gasteiger partial charge in [-0.25, -0.2) is 19.7 Å². The Morgan fingerprint density at radius 2 is 1.84 bits per heavy atom.